The van der Waals surface area contributed by atoms with Gasteiger partial charge in [0, 0.05) is 37.0 Å². The largest absolute Gasteiger partial charge is 0.353 e. The highest BCUT2D eigenvalue weighted by Crippen LogP contribution is 2.35. The summed E-state index contributed by atoms with van der Waals surface area (Å²) in [6.45, 7) is 9.05. The average Bonchev–Trinajstić information content (AvgIpc) is 3.33. The first-order valence-electron chi connectivity index (χ1n) is 9.78. The second-order valence-corrected chi connectivity index (χ2v) is 8.80. The van der Waals surface area contributed by atoms with Gasteiger partial charge in [0.25, 0.3) is 0 Å². The van der Waals surface area contributed by atoms with Crippen LogP contribution in [-0.2, 0) is 25.0 Å². The first-order valence-corrected chi connectivity index (χ1v) is 9.78. The van der Waals surface area contributed by atoms with Crippen LogP contribution in [-0.4, -0.2) is 27.2 Å². The predicted molar refractivity (Wildman–Crippen MR) is 103 cm³/mol. The van der Waals surface area contributed by atoms with Crippen LogP contribution in [0.3, 0.4) is 0 Å². The molecule has 0 radical (unpaired) electrons. The fraction of sp³-hybridized carbons (Fsp3) is 0.650. The summed E-state index contributed by atoms with van der Waals surface area (Å²) in [5.74, 6) is 2.66. The predicted octanol–water partition coefficient (Wildman–Crippen LogP) is 3.39. The monoisotopic (exact) mass is 354 g/mol. The van der Waals surface area contributed by atoms with E-state index in [2.05, 4.69) is 54.3 Å². The van der Waals surface area contributed by atoms with E-state index in [9.17, 15) is 0 Å². The molecule has 0 aromatic carbocycles. The summed E-state index contributed by atoms with van der Waals surface area (Å²) in [6.07, 6.45) is 5.06. The molecule has 2 aromatic rings. The Morgan fingerprint density at radius 2 is 1.92 bits per heavy atom. The molecule has 0 bridgehead atoms. The van der Waals surface area contributed by atoms with E-state index in [1.807, 2.05) is 0 Å². The molecule has 0 unspecified atom stereocenters. The maximum atomic E-state index is 5.02. The molecule has 3 heterocycles. The number of aromatic nitrogens is 4. The van der Waals surface area contributed by atoms with Gasteiger partial charge in [-0.05, 0) is 18.9 Å². The second-order valence-electron chi connectivity index (χ2n) is 8.80. The lowest BCUT2D eigenvalue weighted by Crippen LogP contribution is -2.21. The maximum absolute atomic E-state index is 5.02. The van der Waals surface area contributed by atoms with E-state index in [0.717, 1.165) is 42.7 Å². The highest BCUT2D eigenvalue weighted by Gasteiger charge is 2.26. The van der Waals surface area contributed by atoms with Gasteiger partial charge in [0.15, 0.2) is 0 Å². The topological polar surface area (TPSA) is 69.7 Å². The van der Waals surface area contributed by atoms with Gasteiger partial charge in [-0.2, -0.15) is 5.10 Å². The third kappa shape index (κ3) is 3.34. The fourth-order valence-corrected chi connectivity index (χ4v) is 4.01. The van der Waals surface area contributed by atoms with Crippen LogP contribution in [0.25, 0.3) is 0 Å². The number of rotatable bonds is 4. The average molecular weight is 355 g/mol. The summed E-state index contributed by atoms with van der Waals surface area (Å²) >= 11 is 0. The van der Waals surface area contributed by atoms with Gasteiger partial charge in [-0.25, -0.2) is 9.97 Å². The Morgan fingerprint density at radius 3 is 2.62 bits per heavy atom. The molecule has 0 spiro atoms. The molecule has 0 saturated heterocycles. The van der Waals surface area contributed by atoms with Crippen molar-refractivity contribution in [1.29, 1.82) is 0 Å². The Morgan fingerprint density at radius 1 is 1.15 bits per heavy atom. The quantitative estimate of drug-likeness (QED) is 0.881. The Labute approximate surface area is 155 Å². The third-order valence-corrected chi connectivity index (χ3v) is 5.57. The molecule has 1 aliphatic carbocycles. The number of nitrogens with one attached hydrogen (secondary N) is 2. The smallest absolute Gasteiger partial charge is 0.137 e. The number of hydrogen-bond donors (Lipinski definition) is 2. The van der Waals surface area contributed by atoms with Crippen LogP contribution in [0.15, 0.2) is 6.07 Å². The standard InChI is InChI=1S/C20H30N6/c1-20(2,3)17-9-14(24-25-17)12-26(4)19-15-10-21-11-16(15)22-18(23-19)13-7-5-6-8-13/h9,13,21H,5-8,10-12H2,1-4H3,(H,24,25). The summed E-state index contributed by atoms with van der Waals surface area (Å²) in [7, 11) is 2.12. The molecule has 0 atom stereocenters. The normalized spacial score (nSPS) is 17.7. The van der Waals surface area contributed by atoms with Crippen LogP contribution in [0.4, 0.5) is 5.82 Å². The number of anilines is 1. The molecule has 26 heavy (non-hydrogen) atoms. The highest BCUT2D eigenvalue weighted by molar-refractivity contribution is 5.50. The van der Waals surface area contributed by atoms with Gasteiger partial charge in [0.2, 0.25) is 0 Å². The van der Waals surface area contributed by atoms with Crippen LogP contribution in [0.5, 0.6) is 0 Å². The lowest BCUT2D eigenvalue weighted by atomic mass is 9.92. The van der Waals surface area contributed by atoms with E-state index in [-0.39, 0.29) is 5.41 Å². The van der Waals surface area contributed by atoms with Crippen molar-refractivity contribution in [3.8, 4) is 0 Å². The van der Waals surface area contributed by atoms with Crippen molar-refractivity contribution >= 4 is 5.82 Å². The van der Waals surface area contributed by atoms with Gasteiger partial charge in [0.1, 0.15) is 11.6 Å². The van der Waals surface area contributed by atoms with Crippen LogP contribution in [0.1, 0.15) is 80.8 Å². The molecule has 6 nitrogen and oxygen atoms in total. The first-order chi connectivity index (χ1) is 12.4. The van der Waals surface area contributed by atoms with Gasteiger partial charge in [0.05, 0.1) is 23.6 Å². The second kappa shape index (κ2) is 6.65. The minimum atomic E-state index is 0.0586. The minimum absolute atomic E-state index is 0.0586. The molecule has 6 heteroatoms. The van der Waals surface area contributed by atoms with Crippen molar-refractivity contribution < 1.29 is 0 Å². The molecule has 1 saturated carbocycles. The summed E-state index contributed by atoms with van der Waals surface area (Å²) < 4.78 is 0. The highest BCUT2D eigenvalue weighted by atomic mass is 15.2. The molecule has 1 fully saturated rings. The van der Waals surface area contributed by atoms with E-state index in [1.165, 1.54) is 36.9 Å². The van der Waals surface area contributed by atoms with E-state index in [4.69, 9.17) is 9.97 Å². The number of hydrogen-bond acceptors (Lipinski definition) is 5. The van der Waals surface area contributed by atoms with E-state index in [1.54, 1.807) is 0 Å². The van der Waals surface area contributed by atoms with Crippen molar-refractivity contribution in [1.82, 2.24) is 25.5 Å². The zero-order valence-corrected chi connectivity index (χ0v) is 16.4. The molecule has 4 rings (SSSR count). The van der Waals surface area contributed by atoms with Gasteiger partial charge in [-0.15, -0.1) is 0 Å². The van der Waals surface area contributed by atoms with Gasteiger partial charge < -0.3 is 10.2 Å². The van der Waals surface area contributed by atoms with Crippen LogP contribution >= 0.6 is 0 Å². The van der Waals surface area contributed by atoms with Gasteiger partial charge in [-0.1, -0.05) is 33.6 Å². The van der Waals surface area contributed by atoms with Crippen molar-refractivity contribution in [2.75, 3.05) is 11.9 Å². The van der Waals surface area contributed by atoms with Crippen LogP contribution < -0.4 is 10.2 Å². The Kier molecular flexibility index (Phi) is 4.47. The number of fused-ring (bicyclic) bond motifs is 1. The fourth-order valence-electron chi connectivity index (χ4n) is 4.01. The van der Waals surface area contributed by atoms with Crippen molar-refractivity contribution in [3.05, 3.63) is 34.5 Å². The molecule has 0 amide bonds. The zero-order valence-electron chi connectivity index (χ0n) is 16.4. The Bertz CT molecular complexity index is 782. The molecule has 2 aliphatic rings. The molecule has 2 aromatic heterocycles. The van der Waals surface area contributed by atoms with E-state index >= 15 is 0 Å². The zero-order chi connectivity index (χ0) is 18.3. The summed E-state index contributed by atoms with van der Waals surface area (Å²) in [4.78, 5) is 12.2. The van der Waals surface area contributed by atoms with Crippen molar-refractivity contribution in [2.24, 2.45) is 0 Å². The van der Waals surface area contributed by atoms with E-state index in [0.29, 0.717) is 5.92 Å². The third-order valence-electron chi connectivity index (χ3n) is 5.57. The summed E-state index contributed by atoms with van der Waals surface area (Å²) in [5, 5.41) is 11.1. The summed E-state index contributed by atoms with van der Waals surface area (Å²) in [5.41, 5.74) is 4.72. The van der Waals surface area contributed by atoms with Crippen molar-refractivity contribution in [2.45, 2.75) is 77.4 Å². The van der Waals surface area contributed by atoms with Crippen molar-refractivity contribution in [3.63, 3.8) is 0 Å². The lowest BCUT2D eigenvalue weighted by Gasteiger charge is -2.22. The molecule has 2 N–H and O–H groups in total. The number of nitrogens with zero attached hydrogens (tertiary/aromatic N) is 4. The van der Waals surface area contributed by atoms with E-state index < -0.39 is 0 Å². The number of aromatic amines is 1. The first kappa shape index (κ1) is 17.5. The lowest BCUT2D eigenvalue weighted by molar-refractivity contribution is 0.567. The number of H-pyrrole nitrogens is 1. The van der Waals surface area contributed by atoms with Crippen LogP contribution in [0.2, 0.25) is 0 Å². The summed E-state index contributed by atoms with van der Waals surface area (Å²) in [6, 6.07) is 2.17. The molecule has 1 aliphatic heterocycles. The Hall–Kier alpha value is -1.95. The van der Waals surface area contributed by atoms with Gasteiger partial charge >= 0.3 is 0 Å². The molecular formula is C20H30N6. The SMILES string of the molecule is CN(Cc1cc(C(C)(C)C)n[nH]1)c1nc(C2CCCC2)nc2c1CNC2. The minimum Gasteiger partial charge on any atom is -0.353 e. The maximum Gasteiger partial charge on any atom is 0.137 e. The molecule has 140 valence electrons. The Balaban J connectivity index is 1.60. The van der Waals surface area contributed by atoms with Crippen LogP contribution in [0, 0.1) is 0 Å². The van der Waals surface area contributed by atoms with Gasteiger partial charge in [-0.3, -0.25) is 5.10 Å². The molecular weight excluding hydrogens is 324 g/mol.